The van der Waals surface area contributed by atoms with Gasteiger partial charge in [-0.3, -0.25) is 15.1 Å². The molecule has 0 bridgehead atoms. The zero-order valence-corrected chi connectivity index (χ0v) is 14.6. The molecule has 134 valence electrons. The van der Waals surface area contributed by atoms with Crippen LogP contribution in [0.2, 0.25) is 0 Å². The molecule has 0 fully saturated rings. The van der Waals surface area contributed by atoms with Crippen LogP contribution in [0.5, 0.6) is 0 Å². The molecule has 24 heavy (non-hydrogen) atoms. The van der Waals surface area contributed by atoms with Gasteiger partial charge in [0, 0.05) is 45.5 Å². The van der Waals surface area contributed by atoms with Crippen LogP contribution in [0.25, 0.3) is 0 Å². The normalized spacial score (nSPS) is 11.3. The van der Waals surface area contributed by atoms with Crippen LogP contribution in [0.3, 0.4) is 0 Å². The Morgan fingerprint density at radius 2 is 1.96 bits per heavy atom. The van der Waals surface area contributed by atoms with Crippen LogP contribution in [0.15, 0.2) is 29.3 Å². The molecule has 0 aliphatic rings. The molecule has 1 rings (SSSR count). The number of guanidine groups is 1. The summed E-state index contributed by atoms with van der Waals surface area (Å²) in [7, 11) is 1.69. The summed E-state index contributed by atoms with van der Waals surface area (Å²) in [4.78, 5) is 14.7. The molecule has 0 saturated heterocycles. The third kappa shape index (κ3) is 8.47. The SMILES string of the molecule is CCNC(=NCCCOC)NCCCCc1ccc([N+](=O)[O-])cc1. The summed E-state index contributed by atoms with van der Waals surface area (Å²) in [6.07, 6.45) is 3.86. The van der Waals surface area contributed by atoms with Crippen LogP contribution >= 0.6 is 0 Å². The van der Waals surface area contributed by atoms with Gasteiger partial charge in [0.05, 0.1) is 4.92 Å². The van der Waals surface area contributed by atoms with Crippen molar-refractivity contribution in [1.82, 2.24) is 10.6 Å². The predicted molar refractivity (Wildman–Crippen MR) is 96.5 cm³/mol. The molecule has 1 aromatic rings. The summed E-state index contributed by atoms with van der Waals surface area (Å²) in [5, 5.41) is 17.1. The van der Waals surface area contributed by atoms with Gasteiger partial charge >= 0.3 is 0 Å². The molecule has 0 atom stereocenters. The van der Waals surface area contributed by atoms with Gasteiger partial charge in [-0.25, -0.2) is 0 Å². The fourth-order valence-electron chi connectivity index (χ4n) is 2.19. The molecule has 0 aliphatic heterocycles. The number of ether oxygens (including phenoxy) is 1. The molecule has 0 aliphatic carbocycles. The number of benzene rings is 1. The fourth-order valence-corrected chi connectivity index (χ4v) is 2.19. The molecular formula is C17H28N4O3. The van der Waals surface area contributed by atoms with Crippen molar-refractivity contribution in [3.8, 4) is 0 Å². The zero-order valence-electron chi connectivity index (χ0n) is 14.6. The molecule has 7 heteroatoms. The van der Waals surface area contributed by atoms with Gasteiger partial charge in [-0.2, -0.15) is 0 Å². The lowest BCUT2D eigenvalue weighted by atomic mass is 10.1. The maximum atomic E-state index is 10.6. The lowest BCUT2D eigenvalue weighted by Gasteiger charge is -2.11. The van der Waals surface area contributed by atoms with E-state index in [4.69, 9.17) is 4.74 Å². The third-order valence-corrected chi connectivity index (χ3v) is 3.45. The second-order valence-electron chi connectivity index (χ2n) is 5.41. The maximum absolute atomic E-state index is 10.6. The summed E-state index contributed by atoms with van der Waals surface area (Å²) < 4.78 is 5.01. The highest BCUT2D eigenvalue weighted by Crippen LogP contribution is 2.13. The van der Waals surface area contributed by atoms with Crippen LogP contribution < -0.4 is 10.6 Å². The second kappa shape index (κ2) is 12.3. The Bertz CT molecular complexity index is 503. The summed E-state index contributed by atoms with van der Waals surface area (Å²) in [5.41, 5.74) is 1.26. The molecule has 0 spiro atoms. The van der Waals surface area contributed by atoms with Gasteiger partial charge in [-0.1, -0.05) is 12.1 Å². The van der Waals surface area contributed by atoms with E-state index >= 15 is 0 Å². The molecule has 0 amide bonds. The number of aryl methyl sites for hydroxylation is 1. The van der Waals surface area contributed by atoms with Crippen LogP contribution in [0.1, 0.15) is 31.7 Å². The number of unbranched alkanes of at least 4 members (excludes halogenated alkanes) is 1. The number of aliphatic imine (C=N–C) groups is 1. The Morgan fingerprint density at radius 1 is 1.21 bits per heavy atom. The number of non-ortho nitro benzene ring substituents is 1. The predicted octanol–water partition coefficient (Wildman–Crippen LogP) is 2.51. The Hall–Kier alpha value is -2.15. The molecular weight excluding hydrogens is 308 g/mol. The van der Waals surface area contributed by atoms with E-state index in [0.29, 0.717) is 0 Å². The van der Waals surface area contributed by atoms with Crippen LogP contribution in [-0.2, 0) is 11.2 Å². The standard InChI is InChI=1S/C17H28N4O3/c1-3-18-17(20-13-6-14-24-2)19-12-5-4-7-15-8-10-16(11-9-15)21(22)23/h8-11H,3-7,12-14H2,1-2H3,(H2,18,19,20). The Labute approximate surface area is 143 Å². The highest BCUT2D eigenvalue weighted by molar-refractivity contribution is 5.79. The molecule has 2 N–H and O–H groups in total. The number of nitrogens with one attached hydrogen (secondary N) is 2. The van der Waals surface area contributed by atoms with E-state index in [9.17, 15) is 10.1 Å². The van der Waals surface area contributed by atoms with E-state index in [-0.39, 0.29) is 10.6 Å². The van der Waals surface area contributed by atoms with Gasteiger partial charge < -0.3 is 15.4 Å². The van der Waals surface area contributed by atoms with E-state index < -0.39 is 0 Å². The van der Waals surface area contributed by atoms with Crippen molar-refractivity contribution in [3.05, 3.63) is 39.9 Å². The van der Waals surface area contributed by atoms with E-state index in [2.05, 4.69) is 15.6 Å². The highest BCUT2D eigenvalue weighted by Gasteiger charge is 2.03. The van der Waals surface area contributed by atoms with Gasteiger partial charge in [0.25, 0.3) is 5.69 Å². The Morgan fingerprint density at radius 3 is 2.58 bits per heavy atom. The number of rotatable bonds is 11. The van der Waals surface area contributed by atoms with Crippen molar-refractivity contribution in [2.75, 3.05) is 33.4 Å². The van der Waals surface area contributed by atoms with Crippen molar-refractivity contribution < 1.29 is 9.66 Å². The summed E-state index contributed by atoms with van der Waals surface area (Å²) in [6, 6.07) is 6.77. The lowest BCUT2D eigenvalue weighted by Crippen LogP contribution is -2.37. The first kappa shape index (κ1) is 19.9. The van der Waals surface area contributed by atoms with E-state index in [0.717, 1.165) is 63.4 Å². The molecule has 0 heterocycles. The van der Waals surface area contributed by atoms with Gasteiger partial charge in [0.15, 0.2) is 5.96 Å². The Kier molecular flexibility index (Phi) is 10.2. The Balaban J connectivity index is 2.23. The van der Waals surface area contributed by atoms with Crippen LogP contribution in [0.4, 0.5) is 5.69 Å². The van der Waals surface area contributed by atoms with Crippen LogP contribution in [-0.4, -0.2) is 44.2 Å². The van der Waals surface area contributed by atoms with Gasteiger partial charge in [-0.05, 0) is 38.2 Å². The van der Waals surface area contributed by atoms with Crippen molar-refractivity contribution in [1.29, 1.82) is 0 Å². The quantitative estimate of drug-likeness (QED) is 0.213. The lowest BCUT2D eigenvalue weighted by molar-refractivity contribution is -0.384. The monoisotopic (exact) mass is 336 g/mol. The fraction of sp³-hybridized carbons (Fsp3) is 0.588. The molecule has 1 aromatic carbocycles. The highest BCUT2D eigenvalue weighted by atomic mass is 16.6. The summed E-state index contributed by atoms with van der Waals surface area (Å²) in [6.45, 7) is 5.19. The number of hydrogen-bond donors (Lipinski definition) is 2. The molecule has 0 unspecified atom stereocenters. The molecule has 0 aromatic heterocycles. The minimum absolute atomic E-state index is 0.139. The number of methoxy groups -OCH3 is 1. The average molecular weight is 336 g/mol. The number of nitro benzene ring substituents is 1. The molecule has 0 saturated carbocycles. The minimum atomic E-state index is -0.373. The maximum Gasteiger partial charge on any atom is 0.269 e. The average Bonchev–Trinajstić information content (AvgIpc) is 2.58. The van der Waals surface area contributed by atoms with Crippen molar-refractivity contribution in [3.63, 3.8) is 0 Å². The smallest absolute Gasteiger partial charge is 0.269 e. The number of nitro groups is 1. The first-order valence-electron chi connectivity index (χ1n) is 8.41. The van der Waals surface area contributed by atoms with Gasteiger partial charge in [0.2, 0.25) is 0 Å². The van der Waals surface area contributed by atoms with E-state index in [1.807, 2.05) is 19.1 Å². The third-order valence-electron chi connectivity index (χ3n) is 3.45. The zero-order chi connectivity index (χ0) is 17.6. The van der Waals surface area contributed by atoms with Gasteiger partial charge in [-0.15, -0.1) is 0 Å². The second-order valence-corrected chi connectivity index (χ2v) is 5.41. The molecule has 7 nitrogen and oxygen atoms in total. The minimum Gasteiger partial charge on any atom is -0.385 e. The number of hydrogen-bond acceptors (Lipinski definition) is 4. The van der Waals surface area contributed by atoms with Crippen molar-refractivity contribution >= 4 is 11.6 Å². The summed E-state index contributed by atoms with van der Waals surface area (Å²) >= 11 is 0. The first-order valence-corrected chi connectivity index (χ1v) is 8.41. The van der Waals surface area contributed by atoms with Crippen LogP contribution in [0, 0.1) is 10.1 Å². The van der Waals surface area contributed by atoms with Crippen molar-refractivity contribution in [2.45, 2.75) is 32.6 Å². The van der Waals surface area contributed by atoms with E-state index in [1.165, 1.54) is 0 Å². The van der Waals surface area contributed by atoms with Gasteiger partial charge in [0.1, 0.15) is 0 Å². The van der Waals surface area contributed by atoms with Crippen molar-refractivity contribution in [2.24, 2.45) is 4.99 Å². The topological polar surface area (TPSA) is 88.8 Å². The number of nitrogens with zero attached hydrogens (tertiary/aromatic N) is 2. The molecule has 0 radical (unpaired) electrons. The largest absolute Gasteiger partial charge is 0.385 e. The van der Waals surface area contributed by atoms with E-state index in [1.54, 1.807) is 19.2 Å². The summed E-state index contributed by atoms with van der Waals surface area (Å²) in [5.74, 6) is 0.837. The first-order chi connectivity index (χ1) is 11.7.